The Morgan fingerprint density at radius 1 is 1.12 bits per heavy atom. The van der Waals surface area contributed by atoms with E-state index >= 15 is 0 Å². The van der Waals surface area contributed by atoms with E-state index in [0.29, 0.717) is 28.7 Å². The van der Waals surface area contributed by atoms with E-state index < -0.39 is 0 Å². The van der Waals surface area contributed by atoms with Gasteiger partial charge in [0, 0.05) is 11.6 Å². The van der Waals surface area contributed by atoms with Crippen LogP contribution >= 0.6 is 0 Å². The van der Waals surface area contributed by atoms with Crippen molar-refractivity contribution in [2.45, 2.75) is 26.2 Å². The summed E-state index contributed by atoms with van der Waals surface area (Å²) >= 11 is 0. The molecule has 26 heavy (non-hydrogen) atoms. The number of carbonyl (C=O) groups excluding carboxylic acids is 1. The molecule has 0 unspecified atom stereocenters. The number of nitrogens with one attached hydrogen (secondary N) is 1. The van der Waals surface area contributed by atoms with Crippen molar-refractivity contribution in [3.8, 4) is 11.5 Å². The van der Waals surface area contributed by atoms with Gasteiger partial charge in [-0.3, -0.25) is 4.79 Å². The zero-order chi connectivity index (χ0) is 18.7. The van der Waals surface area contributed by atoms with Gasteiger partial charge >= 0.3 is 0 Å². The number of amides is 1. The number of anilines is 1. The van der Waals surface area contributed by atoms with Crippen molar-refractivity contribution in [3.05, 3.63) is 47.9 Å². The summed E-state index contributed by atoms with van der Waals surface area (Å²) in [7, 11) is 3.15. The Morgan fingerprint density at radius 3 is 2.58 bits per heavy atom. The highest BCUT2D eigenvalue weighted by molar-refractivity contribution is 5.94. The van der Waals surface area contributed by atoms with Gasteiger partial charge in [0.2, 0.25) is 5.91 Å². The predicted molar refractivity (Wildman–Crippen MR) is 100.0 cm³/mol. The van der Waals surface area contributed by atoms with E-state index in [-0.39, 0.29) is 18.2 Å². The number of benzene rings is 2. The maximum Gasteiger partial charge on any atom is 0.228 e. The molecule has 136 valence electrons. The van der Waals surface area contributed by atoms with E-state index in [0.717, 1.165) is 11.1 Å². The SMILES string of the molecule is COc1ccc(CC(=O)Nc2ccc3oc(C(C)C)nc3c2)cc1OC. The van der Waals surface area contributed by atoms with Crippen LogP contribution in [0.3, 0.4) is 0 Å². The van der Waals surface area contributed by atoms with E-state index in [9.17, 15) is 4.79 Å². The van der Waals surface area contributed by atoms with Crippen LogP contribution in [-0.2, 0) is 11.2 Å². The quantitative estimate of drug-likeness (QED) is 0.720. The molecule has 3 aromatic rings. The molecule has 1 aromatic heterocycles. The first kappa shape index (κ1) is 17.8. The van der Waals surface area contributed by atoms with Crippen LogP contribution in [0.4, 0.5) is 5.69 Å². The molecule has 0 aliphatic heterocycles. The number of methoxy groups -OCH3 is 2. The standard InChI is InChI=1S/C20H22N2O4/c1-12(2)20-22-15-11-14(6-8-16(15)26-20)21-19(23)10-13-5-7-17(24-3)18(9-13)25-4/h5-9,11-12H,10H2,1-4H3,(H,21,23). The number of rotatable bonds is 6. The Balaban J connectivity index is 1.72. The maximum atomic E-state index is 12.4. The summed E-state index contributed by atoms with van der Waals surface area (Å²) in [6.07, 6.45) is 0.231. The van der Waals surface area contributed by atoms with Crippen molar-refractivity contribution in [3.63, 3.8) is 0 Å². The van der Waals surface area contributed by atoms with Gasteiger partial charge in [-0.25, -0.2) is 4.98 Å². The second-order valence-corrected chi connectivity index (χ2v) is 6.30. The average Bonchev–Trinajstić information content (AvgIpc) is 3.05. The molecule has 0 saturated heterocycles. The summed E-state index contributed by atoms with van der Waals surface area (Å²) in [6.45, 7) is 4.05. The van der Waals surface area contributed by atoms with Gasteiger partial charge in [0.1, 0.15) is 5.52 Å². The third kappa shape index (κ3) is 3.79. The molecule has 0 atom stereocenters. The smallest absolute Gasteiger partial charge is 0.228 e. The lowest BCUT2D eigenvalue weighted by molar-refractivity contribution is -0.115. The molecule has 0 spiro atoms. The molecule has 1 amide bonds. The van der Waals surface area contributed by atoms with Crippen LogP contribution < -0.4 is 14.8 Å². The van der Waals surface area contributed by atoms with Gasteiger partial charge in [-0.15, -0.1) is 0 Å². The lowest BCUT2D eigenvalue weighted by Gasteiger charge is -2.10. The van der Waals surface area contributed by atoms with Crippen molar-refractivity contribution < 1.29 is 18.7 Å². The molecule has 0 fully saturated rings. The van der Waals surface area contributed by atoms with Crippen molar-refractivity contribution in [1.82, 2.24) is 4.98 Å². The van der Waals surface area contributed by atoms with E-state index in [2.05, 4.69) is 10.3 Å². The van der Waals surface area contributed by atoms with Crippen LogP contribution in [0.2, 0.25) is 0 Å². The highest BCUT2D eigenvalue weighted by Gasteiger charge is 2.12. The lowest BCUT2D eigenvalue weighted by Crippen LogP contribution is -2.14. The zero-order valence-corrected chi connectivity index (χ0v) is 15.3. The molecule has 0 aliphatic rings. The number of oxazole rings is 1. The van der Waals surface area contributed by atoms with E-state index in [1.807, 2.05) is 38.1 Å². The number of hydrogen-bond acceptors (Lipinski definition) is 5. The number of carbonyl (C=O) groups is 1. The van der Waals surface area contributed by atoms with Gasteiger partial charge < -0.3 is 19.2 Å². The zero-order valence-electron chi connectivity index (χ0n) is 15.3. The molecule has 0 aliphatic carbocycles. The Bertz CT molecular complexity index is 931. The molecular weight excluding hydrogens is 332 g/mol. The van der Waals surface area contributed by atoms with Gasteiger partial charge in [-0.05, 0) is 35.9 Å². The Labute approximate surface area is 152 Å². The first-order chi connectivity index (χ1) is 12.5. The normalized spacial score (nSPS) is 11.0. The number of nitrogens with zero attached hydrogens (tertiary/aromatic N) is 1. The van der Waals surface area contributed by atoms with Crippen molar-refractivity contribution >= 4 is 22.7 Å². The Kier molecular flexibility index (Phi) is 5.11. The van der Waals surface area contributed by atoms with Crippen LogP contribution in [-0.4, -0.2) is 25.1 Å². The van der Waals surface area contributed by atoms with E-state index in [1.165, 1.54) is 0 Å². The molecule has 0 saturated carbocycles. The minimum absolute atomic E-state index is 0.121. The monoisotopic (exact) mass is 354 g/mol. The summed E-state index contributed by atoms with van der Waals surface area (Å²) in [6, 6.07) is 10.9. The largest absolute Gasteiger partial charge is 0.493 e. The minimum atomic E-state index is -0.121. The van der Waals surface area contributed by atoms with Crippen LogP contribution in [0.25, 0.3) is 11.1 Å². The molecule has 1 N–H and O–H groups in total. The number of fused-ring (bicyclic) bond motifs is 1. The van der Waals surface area contributed by atoms with Crippen LogP contribution in [0, 0.1) is 0 Å². The fourth-order valence-corrected chi connectivity index (χ4v) is 2.65. The van der Waals surface area contributed by atoms with Gasteiger partial charge in [0.15, 0.2) is 23.0 Å². The van der Waals surface area contributed by atoms with Crippen molar-refractivity contribution in [2.24, 2.45) is 0 Å². The maximum absolute atomic E-state index is 12.4. The molecule has 0 bridgehead atoms. The molecular formula is C20H22N2O4. The molecule has 3 rings (SSSR count). The van der Waals surface area contributed by atoms with Crippen molar-refractivity contribution in [2.75, 3.05) is 19.5 Å². The summed E-state index contributed by atoms with van der Waals surface area (Å²) in [5.74, 6) is 2.01. The second-order valence-electron chi connectivity index (χ2n) is 6.30. The average molecular weight is 354 g/mol. The number of ether oxygens (including phenoxy) is 2. The summed E-state index contributed by atoms with van der Waals surface area (Å²) in [5.41, 5.74) is 2.97. The first-order valence-corrected chi connectivity index (χ1v) is 8.41. The summed E-state index contributed by atoms with van der Waals surface area (Å²) in [4.78, 5) is 16.8. The predicted octanol–water partition coefficient (Wildman–Crippen LogP) is 4.15. The van der Waals surface area contributed by atoms with Crippen LogP contribution in [0.15, 0.2) is 40.8 Å². The van der Waals surface area contributed by atoms with Crippen LogP contribution in [0.5, 0.6) is 11.5 Å². The number of aromatic nitrogens is 1. The Morgan fingerprint density at radius 2 is 1.88 bits per heavy atom. The fraction of sp³-hybridized carbons (Fsp3) is 0.300. The van der Waals surface area contributed by atoms with Gasteiger partial charge in [0.05, 0.1) is 20.6 Å². The molecule has 6 heteroatoms. The van der Waals surface area contributed by atoms with E-state index in [4.69, 9.17) is 13.9 Å². The van der Waals surface area contributed by atoms with Gasteiger partial charge in [0.25, 0.3) is 0 Å². The van der Waals surface area contributed by atoms with E-state index in [1.54, 1.807) is 26.4 Å². The minimum Gasteiger partial charge on any atom is -0.493 e. The summed E-state index contributed by atoms with van der Waals surface area (Å²) < 4.78 is 16.2. The van der Waals surface area contributed by atoms with Crippen molar-refractivity contribution in [1.29, 1.82) is 0 Å². The third-order valence-electron chi connectivity index (χ3n) is 3.99. The number of hydrogen-bond donors (Lipinski definition) is 1. The van der Waals surface area contributed by atoms with Gasteiger partial charge in [-0.1, -0.05) is 19.9 Å². The molecule has 1 heterocycles. The Hall–Kier alpha value is -3.02. The molecule has 0 radical (unpaired) electrons. The second kappa shape index (κ2) is 7.47. The summed E-state index contributed by atoms with van der Waals surface area (Å²) in [5, 5.41) is 2.89. The van der Waals surface area contributed by atoms with Gasteiger partial charge in [-0.2, -0.15) is 0 Å². The lowest BCUT2D eigenvalue weighted by atomic mass is 10.1. The first-order valence-electron chi connectivity index (χ1n) is 8.41. The molecule has 2 aromatic carbocycles. The highest BCUT2D eigenvalue weighted by Crippen LogP contribution is 2.28. The topological polar surface area (TPSA) is 73.6 Å². The fourth-order valence-electron chi connectivity index (χ4n) is 2.65. The highest BCUT2D eigenvalue weighted by atomic mass is 16.5. The van der Waals surface area contributed by atoms with Crippen LogP contribution in [0.1, 0.15) is 31.2 Å². The molecule has 6 nitrogen and oxygen atoms in total. The third-order valence-corrected chi connectivity index (χ3v) is 3.99.